The van der Waals surface area contributed by atoms with Crippen LogP contribution < -0.4 is 4.72 Å². The van der Waals surface area contributed by atoms with Crippen molar-refractivity contribution in [1.82, 2.24) is 9.62 Å². The molecule has 0 bridgehead atoms. The summed E-state index contributed by atoms with van der Waals surface area (Å²) in [4.78, 5) is 15.3. The summed E-state index contributed by atoms with van der Waals surface area (Å²) < 4.78 is 27.5. The minimum Gasteiger partial charge on any atom is -0.337 e. The number of hydrogen-bond donors (Lipinski definition) is 1. The van der Waals surface area contributed by atoms with Gasteiger partial charge in [0, 0.05) is 23.5 Å². The molecule has 1 heterocycles. The highest BCUT2D eigenvalue weighted by atomic mass is 35.5. The lowest BCUT2D eigenvalue weighted by Gasteiger charge is -2.18. The second-order valence-corrected chi connectivity index (χ2v) is 9.32. The number of nitrogens with zero attached hydrogens (tertiary/aromatic N) is 1. The molecule has 1 aliphatic rings. The number of amides is 1. The highest BCUT2D eigenvalue weighted by Crippen LogP contribution is 2.27. The molecule has 1 N–H and O–H groups in total. The maximum Gasteiger partial charge on any atom is 0.253 e. The number of benzene rings is 1. The maximum absolute atomic E-state index is 12.7. The van der Waals surface area contributed by atoms with Crippen LogP contribution in [-0.2, 0) is 16.6 Å². The van der Waals surface area contributed by atoms with E-state index >= 15 is 0 Å². The number of carbonyl (C=O) groups excluding carboxylic acids is 1. The van der Waals surface area contributed by atoms with Crippen LogP contribution >= 0.6 is 22.9 Å². The first kappa shape index (κ1) is 18.4. The van der Waals surface area contributed by atoms with E-state index in [1.165, 1.54) is 12.1 Å². The lowest BCUT2D eigenvalue weighted by Crippen LogP contribution is -2.28. The SMILES string of the molecule is Cc1ccsc1CN(C)C(=O)c1ccc(Cl)c(S(=O)(=O)NC2CC2)c1. The number of sulfonamides is 1. The van der Waals surface area contributed by atoms with Gasteiger partial charge in [0.15, 0.2) is 0 Å². The Morgan fingerprint density at radius 2 is 2.08 bits per heavy atom. The largest absolute Gasteiger partial charge is 0.337 e. The smallest absolute Gasteiger partial charge is 0.253 e. The van der Waals surface area contributed by atoms with E-state index < -0.39 is 10.0 Å². The standard InChI is InChI=1S/C17H19ClN2O3S2/c1-11-7-8-24-15(11)10-20(2)17(21)12-3-6-14(18)16(9-12)25(22,23)19-13-4-5-13/h3,6-9,13,19H,4-5,10H2,1-2H3. The number of halogens is 1. The van der Waals surface area contributed by atoms with E-state index in [2.05, 4.69) is 4.72 Å². The van der Waals surface area contributed by atoms with Gasteiger partial charge in [-0.05, 0) is 55.0 Å². The van der Waals surface area contributed by atoms with E-state index in [1.54, 1.807) is 29.4 Å². The van der Waals surface area contributed by atoms with Crippen molar-refractivity contribution in [3.63, 3.8) is 0 Å². The van der Waals surface area contributed by atoms with E-state index in [-0.39, 0.29) is 21.9 Å². The Morgan fingerprint density at radius 1 is 1.36 bits per heavy atom. The van der Waals surface area contributed by atoms with Gasteiger partial charge in [0.1, 0.15) is 4.90 Å². The van der Waals surface area contributed by atoms with Crippen LogP contribution in [0.1, 0.15) is 33.6 Å². The second-order valence-electron chi connectivity index (χ2n) is 6.23. The van der Waals surface area contributed by atoms with Gasteiger partial charge in [-0.15, -0.1) is 11.3 Å². The maximum atomic E-state index is 12.7. The molecule has 25 heavy (non-hydrogen) atoms. The quantitative estimate of drug-likeness (QED) is 0.810. The third-order valence-electron chi connectivity index (χ3n) is 4.06. The number of thiophene rings is 1. The van der Waals surface area contributed by atoms with E-state index in [4.69, 9.17) is 11.6 Å². The highest BCUT2D eigenvalue weighted by Gasteiger charge is 2.30. The molecule has 1 amide bonds. The molecule has 5 nitrogen and oxygen atoms in total. The summed E-state index contributed by atoms with van der Waals surface area (Å²) >= 11 is 7.66. The second kappa shape index (κ2) is 7.07. The fraction of sp³-hybridized carbons (Fsp3) is 0.353. The van der Waals surface area contributed by atoms with Crippen molar-refractivity contribution in [2.75, 3.05) is 7.05 Å². The number of hydrogen-bond acceptors (Lipinski definition) is 4. The van der Waals surface area contributed by atoms with E-state index in [0.29, 0.717) is 12.1 Å². The Balaban J connectivity index is 1.83. The van der Waals surface area contributed by atoms with E-state index in [9.17, 15) is 13.2 Å². The third-order valence-corrected chi connectivity index (χ3v) is 7.07. The van der Waals surface area contributed by atoms with Gasteiger partial charge in [-0.2, -0.15) is 0 Å². The molecule has 0 atom stereocenters. The lowest BCUT2D eigenvalue weighted by molar-refractivity contribution is 0.0786. The number of nitrogens with one attached hydrogen (secondary N) is 1. The molecule has 1 aromatic carbocycles. The van der Waals surface area contributed by atoms with Crippen LogP contribution in [0.25, 0.3) is 0 Å². The zero-order chi connectivity index (χ0) is 18.2. The predicted octanol–water partition coefficient (Wildman–Crippen LogP) is 3.42. The molecule has 134 valence electrons. The Hall–Kier alpha value is -1.41. The molecule has 1 aliphatic carbocycles. The highest BCUT2D eigenvalue weighted by molar-refractivity contribution is 7.89. The summed E-state index contributed by atoms with van der Waals surface area (Å²) in [5.41, 5.74) is 1.44. The number of aryl methyl sites for hydroxylation is 1. The van der Waals surface area contributed by atoms with Crippen molar-refractivity contribution >= 4 is 38.9 Å². The van der Waals surface area contributed by atoms with Crippen molar-refractivity contribution < 1.29 is 13.2 Å². The van der Waals surface area contributed by atoms with Crippen molar-refractivity contribution in [3.05, 3.63) is 50.7 Å². The fourth-order valence-electron chi connectivity index (χ4n) is 2.40. The summed E-state index contributed by atoms with van der Waals surface area (Å²) in [7, 11) is -2.02. The Labute approximate surface area is 156 Å². The monoisotopic (exact) mass is 398 g/mol. The predicted molar refractivity (Wildman–Crippen MR) is 99.6 cm³/mol. The van der Waals surface area contributed by atoms with Gasteiger partial charge in [-0.3, -0.25) is 4.79 Å². The van der Waals surface area contributed by atoms with E-state index in [0.717, 1.165) is 23.3 Å². The molecule has 1 saturated carbocycles. The summed E-state index contributed by atoms with van der Waals surface area (Å²) in [5, 5.41) is 2.10. The summed E-state index contributed by atoms with van der Waals surface area (Å²) in [5.74, 6) is -0.243. The molecule has 2 aromatic rings. The normalized spacial score (nSPS) is 14.5. The van der Waals surface area contributed by atoms with Crippen LogP contribution in [0.2, 0.25) is 5.02 Å². The molecular formula is C17H19ClN2O3S2. The zero-order valence-electron chi connectivity index (χ0n) is 14.0. The van der Waals surface area contributed by atoms with Crippen LogP contribution in [0, 0.1) is 6.92 Å². The molecule has 0 aliphatic heterocycles. The van der Waals surface area contributed by atoms with Gasteiger partial charge in [0.25, 0.3) is 5.91 Å². The van der Waals surface area contributed by atoms with Crippen LogP contribution in [0.3, 0.4) is 0 Å². The van der Waals surface area contributed by atoms with Crippen LogP contribution in [0.15, 0.2) is 34.5 Å². The van der Waals surface area contributed by atoms with Gasteiger partial charge < -0.3 is 4.90 Å². The van der Waals surface area contributed by atoms with Crippen LogP contribution in [0.4, 0.5) is 0 Å². The molecule has 1 aromatic heterocycles. The number of rotatable bonds is 6. The van der Waals surface area contributed by atoms with Gasteiger partial charge >= 0.3 is 0 Å². The van der Waals surface area contributed by atoms with Gasteiger partial charge in [0.05, 0.1) is 11.6 Å². The number of carbonyl (C=O) groups is 1. The fourth-order valence-corrected chi connectivity index (χ4v) is 5.19. The van der Waals surface area contributed by atoms with Gasteiger partial charge in [0.2, 0.25) is 10.0 Å². The van der Waals surface area contributed by atoms with Crippen molar-refractivity contribution in [3.8, 4) is 0 Å². The Bertz CT molecular complexity index is 904. The molecule has 0 spiro atoms. The lowest BCUT2D eigenvalue weighted by atomic mass is 10.2. The van der Waals surface area contributed by atoms with Crippen molar-refractivity contribution in [1.29, 1.82) is 0 Å². The minimum atomic E-state index is -3.72. The summed E-state index contributed by atoms with van der Waals surface area (Å²) in [6.45, 7) is 2.48. The first-order chi connectivity index (χ1) is 11.8. The van der Waals surface area contributed by atoms with Crippen molar-refractivity contribution in [2.45, 2.75) is 37.2 Å². The molecule has 0 unspecified atom stereocenters. The minimum absolute atomic E-state index is 0.0232. The summed E-state index contributed by atoms with van der Waals surface area (Å²) in [6, 6.07) is 6.35. The van der Waals surface area contributed by atoms with Gasteiger partial charge in [-0.25, -0.2) is 13.1 Å². The molecule has 1 fully saturated rings. The molecule has 3 rings (SSSR count). The molecule has 0 radical (unpaired) electrons. The summed E-state index contributed by atoms with van der Waals surface area (Å²) in [6.07, 6.45) is 1.66. The van der Waals surface area contributed by atoms with E-state index in [1.807, 2.05) is 18.4 Å². The molecule has 8 heteroatoms. The average Bonchev–Trinajstić information content (AvgIpc) is 3.27. The van der Waals surface area contributed by atoms with Crippen molar-refractivity contribution in [2.24, 2.45) is 0 Å². The Morgan fingerprint density at radius 3 is 2.68 bits per heavy atom. The van der Waals surface area contributed by atoms with Crippen LogP contribution in [-0.4, -0.2) is 32.3 Å². The topological polar surface area (TPSA) is 66.5 Å². The van der Waals surface area contributed by atoms with Gasteiger partial charge in [-0.1, -0.05) is 11.6 Å². The third kappa shape index (κ3) is 4.23. The first-order valence-corrected chi connectivity index (χ1v) is 10.6. The zero-order valence-corrected chi connectivity index (χ0v) is 16.3. The average molecular weight is 399 g/mol. The first-order valence-electron chi connectivity index (χ1n) is 7.88. The van der Waals surface area contributed by atoms with Crippen LogP contribution in [0.5, 0.6) is 0 Å². The Kier molecular flexibility index (Phi) is 5.20. The molecule has 0 saturated heterocycles. The molecular weight excluding hydrogens is 380 g/mol.